The second kappa shape index (κ2) is 9.64. The molecule has 1 aliphatic rings. The number of pyridine rings is 1. The molecule has 0 saturated carbocycles. The number of nitrogens with zero attached hydrogens (tertiary/aromatic N) is 4. The van der Waals surface area contributed by atoms with Crippen LogP contribution in [0.3, 0.4) is 0 Å². The first-order valence-corrected chi connectivity index (χ1v) is 10.8. The molecule has 1 fully saturated rings. The number of piperidine rings is 1. The molecular formula is C24H29N5O2. The fourth-order valence-corrected chi connectivity index (χ4v) is 3.76. The first kappa shape index (κ1) is 20.9. The maximum atomic E-state index is 13.0. The van der Waals surface area contributed by atoms with Gasteiger partial charge in [0, 0.05) is 37.2 Å². The largest absolute Gasteiger partial charge is 0.476 e. The van der Waals surface area contributed by atoms with E-state index in [4.69, 9.17) is 4.74 Å². The quantitative estimate of drug-likeness (QED) is 0.623. The van der Waals surface area contributed by atoms with Crippen LogP contribution in [0.1, 0.15) is 35.7 Å². The van der Waals surface area contributed by atoms with Crippen LogP contribution in [0, 0.1) is 12.8 Å². The predicted molar refractivity (Wildman–Crippen MR) is 122 cm³/mol. The third kappa shape index (κ3) is 5.42. The highest BCUT2D eigenvalue weighted by atomic mass is 16.5. The van der Waals surface area contributed by atoms with Gasteiger partial charge in [-0.15, -0.1) is 0 Å². The molecule has 3 heterocycles. The Balaban J connectivity index is 1.39. The van der Waals surface area contributed by atoms with E-state index < -0.39 is 0 Å². The predicted octanol–water partition coefficient (Wildman–Crippen LogP) is 4.15. The number of hydrogen-bond acceptors (Lipinski definition) is 5. The zero-order valence-electron chi connectivity index (χ0n) is 18.1. The highest BCUT2D eigenvalue weighted by molar-refractivity contribution is 6.08. The van der Waals surface area contributed by atoms with Crippen molar-refractivity contribution < 1.29 is 9.53 Å². The standard InChI is InChI=1S/C24H29N5O2/c1-18-8-12-28(13-9-18)22-16-19(2)4-6-21(22)24(30)27-20-5-7-23(25-17-20)31-15-14-29-11-3-10-26-29/h3-7,10-11,16-18H,8-9,12-15H2,1-2H3,(H,27,30). The molecule has 0 radical (unpaired) electrons. The van der Waals surface area contributed by atoms with Gasteiger partial charge in [-0.1, -0.05) is 13.0 Å². The second-order valence-electron chi connectivity index (χ2n) is 8.15. The summed E-state index contributed by atoms with van der Waals surface area (Å²) in [6, 6.07) is 11.5. The molecule has 31 heavy (non-hydrogen) atoms. The van der Waals surface area contributed by atoms with Crippen LogP contribution in [0.25, 0.3) is 0 Å². The van der Waals surface area contributed by atoms with Gasteiger partial charge in [-0.3, -0.25) is 9.48 Å². The second-order valence-corrected chi connectivity index (χ2v) is 8.15. The average molecular weight is 420 g/mol. The van der Waals surface area contributed by atoms with Crippen LogP contribution in [-0.4, -0.2) is 40.4 Å². The van der Waals surface area contributed by atoms with Crippen molar-refractivity contribution in [2.75, 3.05) is 29.9 Å². The molecule has 1 saturated heterocycles. The molecule has 7 heteroatoms. The summed E-state index contributed by atoms with van der Waals surface area (Å²) < 4.78 is 7.46. The summed E-state index contributed by atoms with van der Waals surface area (Å²) in [5, 5.41) is 7.11. The minimum absolute atomic E-state index is 0.122. The first-order valence-electron chi connectivity index (χ1n) is 10.8. The molecule has 0 unspecified atom stereocenters. The van der Waals surface area contributed by atoms with E-state index in [1.54, 1.807) is 23.1 Å². The maximum Gasteiger partial charge on any atom is 0.257 e. The van der Waals surface area contributed by atoms with Crippen molar-refractivity contribution in [2.24, 2.45) is 5.92 Å². The molecule has 0 atom stereocenters. The fourth-order valence-electron chi connectivity index (χ4n) is 3.76. The number of aryl methyl sites for hydroxylation is 1. The van der Waals surface area contributed by atoms with E-state index in [2.05, 4.69) is 40.2 Å². The van der Waals surface area contributed by atoms with Crippen molar-refractivity contribution in [3.8, 4) is 5.88 Å². The van der Waals surface area contributed by atoms with Gasteiger partial charge in [-0.2, -0.15) is 5.10 Å². The van der Waals surface area contributed by atoms with Crippen molar-refractivity contribution in [3.63, 3.8) is 0 Å². The van der Waals surface area contributed by atoms with Crippen molar-refractivity contribution in [3.05, 3.63) is 66.1 Å². The fraction of sp³-hybridized carbons (Fsp3) is 0.375. The van der Waals surface area contributed by atoms with E-state index in [-0.39, 0.29) is 5.91 Å². The summed E-state index contributed by atoms with van der Waals surface area (Å²) in [4.78, 5) is 19.7. The number of benzene rings is 1. The molecule has 0 bridgehead atoms. The molecule has 2 aromatic heterocycles. The lowest BCUT2D eigenvalue weighted by molar-refractivity contribution is 0.102. The Morgan fingerprint density at radius 2 is 2.06 bits per heavy atom. The Kier molecular flexibility index (Phi) is 6.50. The Bertz CT molecular complexity index is 993. The van der Waals surface area contributed by atoms with Crippen molar-refractivity contribution in [1.82, 2.24) is 14.8 Å². The Labute approximate surface area is 183 Å². The molecule has 0 aliphatic carbocycles. The van der Waals surface area contributed by atoms with E-state index in [9.17, 15) is 4.79 Å². The minimum Gasteiger partial charge on any atom is -0.476 e. The summed E-state index contributed by atoms with van der Waals surface area (Å²) >= 11 is 0. The van der Waals surface area contributed by atoms with E-state index >= 15 is 0 Å². The van der Waals surface area contributed by atoms with Crippen molar-refractivity contribution in [1.29, 1.82) is 0 Å². The smallest absolute Gasteiger partial charge is 0.257 e. The number of anilines is 2. The summed E-state index contributed by atoms with van der Waals surface area (Å²) in [5.74, 6) is 1.14. The molecule has 1 aromatic carbocycles. The monoisotopic (exact) mass is 419 g/mol. The number of ether oxygens (including phenoxy) is 1. The van der Waals surface area contributed by atoms with Crippen LogP contribution in [0.15, 0.2) is 55.0 Å². The molecule has 162 valence electrons. The number of carbonyl (C=O) groups is 1. The Morgan fingerprint density at radius 3 is 2.77 bits per heavy atom. The molecular weight excluding hydrogens is 390 g/mol. The van der Waals surface area contributed by atoms with Gasteiger partial charge < -0.3 is 15.0 Å². The van der Waals surface area contributed by atoms with E-state index in [1.807, 2.05) is 30.5 Å². The lowest BCUT2D eigenvalue weighted by atomic mass is 9.97. The molecule has 1 aliphatic heterocycles. The normalized spacial score (nSPS) is 14.5. The number of rotatable bonds is 7. The zero-order valence-corrected chi connectivity index (χ0v) is 18.1. The summed E-state index contributed by atoms with van der Waals surface area (Å²) in [7, 11) is 0. The molecule has 4 rings (SSSR count). The van der Waals surface area contributed by atoms with Crippen LogP contribution in [0.4, 0.5) is 11.4 Å². The molecule has 0 spiro atoms. The summed E-state index contributed by atoms with van der Waals surface area (Å²) in [5.41, 5.74) is 3.50. The third-order valence-corrected chi connectivity index (χ3v) is 5.65. The number of aromatic nitrogens is 3. The summed E-state index contributed by atoms with van der Waals surface area (Å²) in [6.45, 7) is 7.44. The van der Waals surface area contributed by atoms with E-state index in [0.717, 1.165) is 43.1 Å². The lowest BCUT2D eigenvalue weighted by Gasteiger charge is -2.33. The molecule has 7 nitrogen and oxygen atoms in total. The molecule has 1 N–H and O–H groups in total. The van der Waals surface area contributed by atoms with Crippen LogP contribution < -0.4 is 15.0 Å². The number of amides is 1. The minimum atomic E-state index is -0.122. The van der Waals surface area contributed by atoms with Gasteiger partial charge in [-0.25, -0.2) is 4.98 Å². The van der Waals surface area contributed by atoms with Crippen LogP contribution >= 0.6 is 0 Å². The van der Waals surface area contributed by atoms with Gasteiger partial charge in [-0.05, 0) is 55.5 Å². The topological polar surface area (TPSA) is 72.3 Å². The van der Waals surface area contributed by atoms with Gasteiger partial charge in [0.05, 0.1) is 24.0 Å². The van der Waals surface area contributed by atoms with Gasteiger partial charge >= 0.3 is 0 Å². The van der Waals surface area contributed by atoms with Crippen LogP contribution in [0.5, 0.6) is 5.88 Å². The number of carbonyl (C=O) groups excluding carboxylic acids is 1. The van der Waals surface area contributed by atoms with Crippen molar-refractivity contribution in [2.45, 2.75) is 33.2 Å². The van der Waals surface area contributed by atoms with Gasteiger partial charge in [0.1, 0.15) is 6.61 Å². The SMILES string of the molecule is Cc1ccc(C(=O)Nc2ccc(OCCn3cccn3)nc2)c(N2CCC(C)CC2)c1. The van der Waals surface area contributed by atoms with Gasteiger partial charge in [0.2, 0.25) is 5.88 Å². The van der Waals surface area contributed by atoms with E-state index in [0.29, 0.717) is 30.3 Å². The lowest BCUT2D eigenvalue weighted by Crippen LogP contribution is -2.34. The maximum absolute atomic E-state index is 13.0. The summed E-state index contributed by atoms with van der Waals surface area (Å²) in [6.07, 6.45) is 7.55. The van der Waals surface area contributed by atoms with Crippen LogP contribution in [-0.2, 0) is 6.54 Å². The van der Waals surface area contributed by atoms with E-state index in [1.165, 1.54) is 0 Å². The first-order chi connectivity index (χ1) is 15.1. The molecule has 1 amide bonds. The number of nitrogens with one attached hydrogen (secondary N) is 1. The highest BCUT2D eigenvalue weighted by Gasteiger charge is 2.21. The number of hydrogen-bond donors (Lipinski definition) is 1. The Hall–Kier alpha value is -3.35. The average Bonchev–Trinajstić information content (AvgIpc) is 3.29. The Morgan fingerprint density at radius 1 is 1.23 bits per heavy atom. The van der Waals surface area contributed by atoms with Crippen LogP contribution in [0.2, 0.25) is 0 Å². The highest BCUT2D eigenvalue weighted by Crippen LogP contribution is 2.28. The zero-order chi connectivity index (χ0) is 21.6. The van der Waals surface area contributed by atoms with Crippen molar-refractivity contribution >= 4 is 17.3 Å². The van der Waals surface area contributed by atoms with Gasteiger partial charge in [0.15, 0.2) is 0 Å². The third-order valence-electron chi connectivity index (χ3n) is 5.65. The molecule has 3 aromatic rings. The van der Waals surface area contributed by atoms with Gasteiger partial charge in [0.25, 0.3) is 5.91 Å².